The van der Waals surface area contributed by atoms with Crippen LogP contribution in [0.4, 0.5) is 0 Å². The minimum Gasteiger partial charge on any atom is -0.481 e. The number of nitrogens with one attached hydrogen (secondary N) is 1. The van der Waals surface area contributed by atoms with Crippen molar-refractivity contribution in [3.63, 3.8) is 0 Å². The van der Waals surface area contributed by atoms with Crippen molar-refractivity contribution >= 4 is 5.97 Å². The molecule has 3 heteroatoms. The third kappa shape index (κ3) is 2.71. The number of aliphatic carboxylic acids is 1. The SMILES string of the molecule is CC(C)(C)CNCC1(C(=O)O)CCC1. The van der Waals surface area contributed by atoms with Crippen LogP contribution in [0.1, 0.15) is 40.0 Å². The molecule has 0 saturated heterocycles. The highest BCUT2D eigenvalue weighted by Gasteiger charge is 2.43. The van der Waals surface area contributed by atoms with Crippen LogP contribution >= 0.6 is 0 Å². The van der Waals surface area contributed by atoms with E-state index in [0.717, 1.165) is 25.8 Å². The highest BCUT2D eigenvalue weighted by Crippen LogP contribution is 2.40. The van der Waals surface area contributed by atoms with Gasteiger partial charge in [-0.05, 0) is 18.3 Å². The first-order chi connectivity index (χ1) is 6.36. The molecule has 0 atom stereocenters. The molecule has 0 spiro atoms. The molecule has 0 heterocycles. The molecule has 3 nitrogen and oxygen atoms in total. The molecule has 1 saturated carbocycles. The lowest BCUT2D eigenvalue weighted by Crippen LogP contribution is -2.47. The monoisotopic (exact) mass is 199 g/mol. The van der Waals surface area contributed by atoms with E-state index in [1.165, 1.54) is 0 Å². The van der Waals surface area contributed by atoms with E-state index in [1.54, 1.807) is 0 Å². The molecule has 2 N–H and O–H groups in total. The molecule has 0 bridgehead atoms. The molecule has 1 aliphatic rings. The molecular weight excluding hydrogens is 178 g/mol. The Morgan fingerprint density at radius 3 is 2.29 bits per heavy atom. The Bertz CT molecular complexity index is 214. The van der Waals surface area contributed by atoms with E-state index in [4.69, 9.17) is 5.11 Å². The van der Waals surface area contributed by atoms with Crippen LogP contribution in [0.2, 0.25) is 0 Å². The lowest BCUT2D eigenvalue weighted by atomic mass is 9.68. The summed E-state index contributed by atoms with van der Waals surface area (Å²) in [6, 6.07) is 0. The fourth-order valence-electron chi connectivity index (χ4n) is 1.75. The van der Waals surface area contributed by atoms with Gasteiger partial charge >= 0.3 is 5.97 Å². The first-order valence-electron chi connectivity index (χ1n) is 5.30. The molecular formula is C11H21NO2. The second kappa shape index (κ2) is 3.89. The summed E-state index contributed by atoms with van der Waals surface area (Å²) < 4.78 is 0. The molecule has 0 aliphatic heterocycles. The fourth-order valence-corrected chi connectivity index (χ4v) is 1.75. The van der Waals surface area contributed by atoms with Crippen LogP contribution in [0.5, 0.6) is 0 Å². The summed E-state index contributed by atoms with van der Waals surface area (Å²) in [6.45, 7) is 7.94. The number of carboxylic acid groups (broad SMARTS) is 1. The van der Waals surface area contributed by atoms with Gasteiger partial charge in [-0.1, -0.05) is 27.2 Å². The predicted molar refractivity (Wildman–Crippen MR) is 56.2 cm³/mol. The van der Waals surface area contributed by atoms with E-state index in [1.807, 2.05) is 0 Å². The molecule has 0 aromatic rings. The standard InChI is InChI=1S/C11H21NO2/c1-10(2,3)7-12-8-11(9(13)14)5-4-6-11/h12H,4-8H2,1-3H3,(H,13,14). The zero-order chi connectivity index (χ0) is 10.8. The molecule has 0 amide bonds. The van der Waals surface area contributed by atoms with E-state index in [-0.39, 0.29) is 5.41 Å². The van der Waals surface area contributed by atoms with E-state index in [9.17, 15) is 4.79 Å². The van der Waals surface area contributed by atoms with Crippen LogP contribution < -0.4 is 5.32 Å². The van der Waals surface area contributed by atoms with E-state index < -0.39 is 11.4 Å². The van der Waals surface area contributed by atoms with Gasteiger partial charge in [0.15, 0.2) is 0 Å². The number of hydrogen-bond donors (Lipinski definition) is 2. The number of hydrogen-bond acceptors (Lipinski definition) is 2. The third-order valence-corrected chi connectivity index (χ3v) is 2.88. The van der Waals surface area contributed by atoms with Crippen molar-refractivity contribution in [3.05, 3.63) is 0 Å². The van der Waals surface area contributed by atoms with Crippen molar-refractivity contribution in [2.45, 2.75) is 40.0 Å². The summed E-state index contributed by atoms with van der Waals surface area (Å²) >= 11 is 0. The lowest BCUT2D eigenvalue weighted by Gasteiger charge is -2.38. The summed E-state index contributed by atoms with van der Waals surface area (Å²) in [7, 11) is 0. The van der Waals surface area contributed by atoms with Crippen LogP contribution in [0, 0.1) is 10.8 Å². The van der Waals surface area contributed by atoms with Gasteiger partial charge in [-0.25, -0.2) is 0 Å². The van der Waals surface area contributed by atoms with Crippen LogP contribution in [-0.4, -0.2) is 24.2 Å². The quantitative estimate of drug-likeness (QED) is 0.726. The predicted octanol–water partition coefficient (Wildman–Crippen LogP) is 1.88. The molecule has 0 aromatic carbocycles. The van der Waals surface area contributed by atoms with Gasteiger partial charge in [-0.3, -0.25) is 4.79 Å². The molecule has 14 heavy (non-hydrogen) atoms. The van der Waals surface area contributed by atoms with Crippen LogP contribution in [0.3, 0.4) is 0 Å². The summed E-state index contributed by atoms with van der Waals surface area (Å²) in [4.78, 5) is 11.0. The molecule has 1 aliphatic carbocycles. The van der Waals surface area contributed by atoms with Crippen molar-refractivity contribution < 1.29 is 9.90 Å². The van der Waals surface area contributed by atoms with Gasteiger partial charge in [0.05, 0.1) is 5.41 Å². The van der Waals surface area contributed by atoms with Gasteiger partial charge in [-0.15, -0.1) is 0 Å². The second-order valence-electron chi connectivity index (χ2n) is 5.60. The van der Waals surface area contributed by atoms with Gasteiger partial charge in [0.25, 0.3) is 0 Å². The average molecular weight is 199 g/mol. The Kier molecular flexibility index (Phi) is 3.20. The summed E-state index contributed by atoms with van der Waals surface area (Å²) in [5, 5.41) is 12.3. The molecule has 0 unspecified atom stereocenters. The Morgan fingerprint density at radius 2 is 2.00 bits per heavy atom. The third-order valence-electron chi connectivity index (χ3n) is 2.88. The van der Waals surface area contributed by atoms with Crippen LogP contribution in [-0.2, 0) is 4.79 Å². The molecule has 1 rings (SSSR count). The van der Waals surface area contributed by atoms with Crippen molar-refractivity contribution in [2.75, 3.05) is 13.1 Å². The maximum absolute atomic E-state index is 11.0. The van der Waals surface area contributed by atoms with E-state index in [2.05, 4.69) is 26.1 Å². The van der Waals surface area contributed by atoms with Gasteiger partial charge in [0.2, 0.25) is 0 Å². The minimum absolute atomic E-state index is 0.226. The fraction of sp³-hybridized carbons (Fsp3) is 0.909. The van der Waals surface area contributed by atoms with Gasteiger partial charge < -0.3 is 10.4 Å². The van der Waals surface area contributed by atoms with E-state index in [0.29, 0.717) is 6.54 Å². The maximum atomic E-state index is 11.0. The largest absolute Gasteiger partial charge is 0.481 e. The number of rotatable bonds is 4. The smallest absolute Gasteiger partial charge is 0.310 e. The second-order valence-corrected chi connectivity index (χ2v) is 5.60. The highest BCUT2D eigenvalue weighted by atomic mass is 16.4. The van der Waals surface area contributed by atoms with Gasteiger partial charge in [0.1, 0.15) is 0 Å². The highest BCUT2D eigenvalue weighted by molar-refractivity contribution is 5.76. The average Bonchev–Trinajstić information content (AvgIpc) is 1.91. The van der Waals surface area contributed by atoms with Crippen molar-refractivity contribution in [1.82, 2.24) is 5.32 Å². The lowest BCUT2D eigenvalue weighted by molar-refractivity contribution is -0.154. The normalized spacial score (nSPS) is 20.2. The van der Waals surface area contributed by atoms with Gasteiger partial charge in [0, 0.05) is 13.1 Å². The van der Waals surface area contributed by atoms with Crippen molar-refractivity contribution in [3.8, 4) is 0 Å². The Hall–Kier alpha value is -0.570. The topological polar surface area (TPSA) is 49.3 Å². The van der Waals surface area contributed by atoms with E-state index >= 15 is 0 Å². The van der Waals surface area contributed by atoms with Gasteiger partial charge in [-0.2, -0.15) is 0 Å². The zero-order valence-corrected chi connectivity index (χ0v) is 9.39. The molecule has 1 fully saturated rings. The molecule has 0 radical (unpaired) electrons. The summed E-state index contributed by atoms with van der Waals surface area (Å²) in [5.74, 6) is -0.634. The Balaban J connectivity index is 2.33. The van der Waals surface area contributed by atoms with Crippen LogP contribution in [0.25, 0.3) is 0 Å². The first kappa shape index (κ1) is 11.5. The van der Waals surface area contributed by atoms with Crippen molar-refractivity contribution in [2.24, 2.45) is 10.8 Å². The Morgan fingerprint density at radius 1 is 1.43 bits per heavy atom. The van der Waals surface area contributed by atoms with Crippen LogP contribution in [0.15, 0.2) is 0 Å². The Labute approximate surface area is 85.9 Å². The molecule has 0 aromatic heterocycles. The maximum Gasteiger partial charge on any atom is 0.310 e. The minimum atomic E-state index is -0.634. The zero-order valence-electron chi connectivity index (χ0n) is 9.39. The first-order valence-corrected chi connectivity index (χ1v) is 5.30. The summed E-state index contributed by atoms with van der Waals surface area (Å²) in [6.07, 6.45) is 2.72. The number of carbonyl (C=O) groups is 1. The number of carboxylic acids is 1. The molecule has 82 valence electrons. The summed E-state index contributed by atoms with van der Waals surface area (Å²) in [5.41, 5.74) is -0.227. The van der Waals surface area contributed by atoms with Crippen molar-refractivity contribution in [1.29, 1.82) is 0 Å².